The van der Waals surface area contributed by atoms with E-state index in [1.165, 1.54) is 13.1 Å². The molecule has 21 heavy (non-hydrogen) atoms. The maximum absolute atomic E-state index is 11.1. The van der Waals surface area contributed by atoms with E-state index < -0.39 is 0 Å². The third kappa shape index (κ3) is 4.34. The lowest BCUT2D eigenvalue weighted by molar-refractivity contribution is -0.114. The molecule has 0 bridgehead atoms. The monoisotopic (exact) mass is 323 g/mol. The molecule has 2 aromatic rings. The molecule has 0 aliphatic rings. The Hall–Kier alpha value is -1.78. The van der Waals surface area contributed by atoms with Gasteiger partial charge in [-0.25, -0.2) is 4.98 Å². The fourth-order valence-corrected chi connectivity index (χ4v) is 2.33. The lowest BCUT2D eigenvalue weighted by Crippen LogP contribution is -2.10. The van der Waals surface area contributed by atoms with Crippen LogP contribution < -0.4 is 10.6 Å². The van der Waals surface area contributed by atoms with Gasteiger partial charge in [0.1, 0.15) is 5.82 Å². The number of rotatable bonds is 4. The fraction of sp³-hybridized carbons (Fsp3) is 0.200. The molecule has 0 spiro atoms. The number of carbonyl (C=O) groups is 1. The lowest BCUT2D eigenvalue weighted by Gasteiger charge is -2.17. The number of aromatic nitrogens is 1. The Labute approximate surface area is 133 Å². The van der Waals surface area contributed by atoms with Crippen LogP contribution in [0.15, 0.2) is 36.5 Å². The van der Waals surface area contributed by atoms with Gasteiger partial charge in [-0.2, -0.15) is 0 Å². The van der Waals surface area contributed by atoms with Crippen molar-refractivity contribution in [1.82, 2.24) is 4.98 Å². The topological polar surface area (TPSA) is 54.0 Å². The highest BCUT2D eigenvalue weighted by atomic mass is 35.5. The van der Waals surface area contributed by atoms with Gasteiger partial charge in [-0.05, 0) is 30.7 Å². The summed E-state index contributed by atoms with van der Waals surface area (Å²) in [6.45, 7) is 3.46. The second-order valence-corrected chi connectivity index (χ2v) is 5.50. The summed E-state index contributed by atoms with van der Waals surface area (Å²) in [6.07, 6.45) is 1.54. The van der Waals surface area contributed by atoms with Crippen molar-refractivity contribution in [2.45, 2.75) is 19.9 Å². The molecule has 0 aliphatic carbocycles. The van der Waals surface area contributed by atoms with Gasteiger partial charge in [-0.1, -0.05) is 35.3 Å². The maximum atomic E-state index is 11.1. The number of pyridine rings is 1. The lowest BCUT2D eigenvalue weighted by atomic mass is 10.1. The predicted molar refractivity (Wildman–Crippen MR) is 87.0 cm³/mol. The van der Waals surface area contributed by atoms with Crippen molar-refractivity contribution in [2.75, 3.05) is 10.6 Å². The van der Waals surface area contributed by atoms with Gasteiger partial charge in [0.05, 0.1) is 16.1 Å². The molecule has 4 nitrogen and oxygen atoms in total. The van der Waals surface area contributed by atoms with Gasteiger partial charge in [0.15, 0.2) is 0 Å². The Kier molecular flexibility index (Phi) is 5.04. The molecule has 2 rings (SSSR count). The summed E-state index contributed by atoms with van der Waals surface area (Å²) in [6, 6.07) is 9.21. The van der Waals surface area contributed by atoms with Crippen molar-refractivity contribution in [2.24, 2.45) is 0 Å². The number of halogens is 2. The molecule has 2 N–H and O–H groups in total. The molecular formula is C15H15Cl2N3O. The van der Waals surface area contributed by atoms with Crippen molar-refractivity contribution >= 4 is 40.6 Å². The standard InChI is InChI=1S/C15H15Cl2N3O/c1-9(19-15-14(17)7-12(16)8-18-15)11-4-3-5-13(6-11)20-10(2)21/h3-9H,1-2H3,(H,18,19)(H,20,21). The van der Waals surface area contributed by atoms with Crippen LogP contribution in [0.4, 0.5) is 11.5 Å². The molecule has 1 aromatic heterocycles. The molecule has 1 aromatic carbocycles. The average molecular weight is 324 g/mol. The van der Waals surface area contributed by atoms with Crippen LogP contribution in [0.1, 0.15) is 25.5 Å². The molecule has 0 aliphatic heterocycles. The van der Waals surface area contributed by atoms with Crippen LogP contribution in [0.3, 0.4) is 0 Å². The van der Waals surface area contributed by atoms with Gasteiger partial charge in [0.2, 0.25) is 5.91 Å². The third-order valence-electron chi connectivity index (χ3n) is 2.87. The molecule has 1 heterocycles. The first-order valence-electron chi connectivity index (χ1n) is 6.41. The molecule has 1 amide bonds. The van der Waals surface area contributed by atoms with Crippen molar-refractivity contribution in [3.8, 4) is 0 Å². The number of nitrogens with zero attached hydrogens (tertiary/aromatic N) is 1. The molecule has 6 heteroatoms. The Morgan fingerprint density at radius 2 is 2.05 bits per heavy atom. The van der Waals surface area contributed by atoms with Crippen LogP contribution in [0, 0.1) is 0 Å². The van der Waals surface area contributed by atoms with Crippen molar-refractivity contribution in [3.05, 3.63) is 52.1 Å². The maximum Gasteiger partial charge on any atom is 0.221 e. The number of hydrogen-bond acceptors (Lipinski definition) is 3. The van der Waals surface area contributed by atoms with E-state index in [0.29, 0.717) is 15.9 Å². The van der Waals surface area contributed by atoms with E-state index in [0.717, 1.165) is 11.3 Å². The molecular weight excluding hydrogens is 309 g/mol. The summed E-state index contributed by atoms with van der Waals surface area (Å²) < 4.78 is 0. The highest BCUT2D eigenvalue weighted by Crippen LogP contribution is 2.27. The summed E-state index contributed by atoms with van der Waals surface area (Å²) in [4.78, 5) is 15.3. The van der Waals surface area contributed by atoms with Gasteiger partial charge >= 0.3 is 0 Å². The van der Waals surface area contributed by atoms with Crippen LogP contribution in [-0.2, 0) is 4.79 Å². The summed E-state index contributed by atoms with van der Waals surface area (Å²) >= 11 is 11.9. The molecule has 1 atom stereocenters. The van der Waals surface area contributed by atoms with Crippen LogP contribution in [0.5, 0.6) is 0 Å². The van der Waals surface area contributed by atoms with E-state index in [1.54, 1.807) is 6.07 Å². The normalized spacial score (nSPS) is 11.8. The molecule has 0 radical (unpaired) electrons. The van der Waals surface area contributed by atoms with Crippen molar-refractivity contribution in [3.63, 3.8) is 0 Å². The van der Waals surface area contributed by atoms with Crippen LogP contribution in [0.25, 0.3) is 0 Å². The highest BCUT2D eigenvalue weighted by Gasteiger charge is 2.10. The van der Waals surface area contributed by atoms with E-state index >= 15 is 0 Å². The van der Waals surface area contributed by atoms with Crippen LogP contribution >= 0.6 is 23.2 Å². The first-order chi connectivity index (χ1) is 9.95. The molecule has 110 valence electrons. The third-order valence-corrected chi connectivity index (χ3v) is 3.36. The van der Waals surface area contributed by atoms with Gasteiger partial charge in [0.25, 0.3) is 0 Å². The fourth-order valence-electron chi connectivity index (χ4n) is 1.90. The number of nitrogens with one attached hydrogen (secondary N) is 2. The summed E-state index contributed by atoms with van der Waals surface area (Å²) in [5, 5.41) is 6.93. The molecule has 1 unspecified atom stereocenters. The highest BCUT2D eigenvalue weighted by molar-refractivity contribution is 6.35. The Morgan fingerprint density at radius 3 is 2.71 bits per heavy atom. The molecule has 0 saturated carbocycles. The zero-order valence-electron chi connectivity index (χ0n) is 11.7. The predicted octanol–water partition coefficient (Wildman–Crippen LogP) is 4.52. The van der Waals surface area contributed by atoms with Crippen LogP contribution in [0.2, 0.25) is 10.0 Å². The van der Waals surface area contributed by atoms with E-state index in [4.69, 9.17) is 23.2 Å². The van der Waals surface area contributed by atoms with Gasteiger partial charge in [-0.3, -0.25) is 4.79 Å². The number of anilines is 2. The Balaban J connectivity index is 2.16. The number of hydrogen-bond donors (Lipinski definition) is 2. The summed E-state index contributed by atoms with van der Waals surface area (Å²) in [5.74, 6) is 0.466. The zero-order chi connectivity index (χ0) is 15.4. The zero-order valence-corrected chi connectivity index (χ0v) is 13.2. The van der Waals surface area contributed by atoms with E-state index in [2.05, 4.69) is 15.6 Å². The largest absolute Gasteiger partial charge is 0.362 e. The van der Waals surface area contributed by atoms with Crippen LogP contribution in [-0.4, -0.2) is 10.9 Å². The van der Waals surface area contributed by atoms with E-state index in [9.17, 15) is 4.79 Å². The number of carbonyl (C=O) groups excluding carboxylic acids is 1. The first-order valence-corrected chi connectivity index (χ1v) is 7.16. The minimum Gasteiger partial charge on any atom is -0.362 e. The first kappa shape index (κ1) is 15.6. The Bertz CT molecular complexity index is 661. The number of amides is 1. The van der Waals surface area contributed by atoms with Gasteiger partial charge < -0.3 is 10.6 Å². The second-order valence-electron chi connectivity index (χ2n) is 4.66. The minimum absolute atomic E-state index is 0.0233. The summed E-state index contributed by atoms with van der Waals surface area (Å²) in [7, 11) is 0. The SMILES string of the molecule is CC(=O)Nc1cccc(C(C)Nc2ncc(Cl)cc2Cl)c1. The van der Waals surface area contributed by atoms with E-state index in [-0.39, 0.29) is 11.9 Å². The van der Waals surface area contributed by atoms with Crippen molar-refractivity contribution < 1.29 is 4.79 Å². The second kappa shape index (κ2) is 6.78. The number of benzene rings is 1. The summed E-state index contributed by atoms with van der Waals surface area (Å²) in [5.41, 5.74) is 1.76. The quantitative estimate of drug-likeness (QED) is 0.869. The van der Waals surface area contributed by atoms with Gasteiger partial charge in [-0.15, -0.1) is 0 Å². The molecule has 0 saturated heterocycles. The van der Waals surface area contributed by atoms with Gasteiger partial charge in [0, 0.05) is 18.8 Å². The van der Waals surface area contributed by atoms with E-state index in [1.807, 2.05) is 31.2 Å². The smallest absolute Gasteiger partial charge is 0.221 e. The minimum atomic E-state index is -0.102. The average Bonchev–Trinajstić information content (AvgIpc) is 2.41. The molecule has 0 fully saturated rings. The van der Waals surface area contributed by atoms with Crippen molar-refractivity contribution in [1.29, 1.82) is 0 Å². The Morgan fingerprint density at radius 1 is 1.29 bits per heavy atom.